The summed E-state index contributed by atoms with van der Waals surface area (Å²) in [4.78, 5) is 29.5. The number of pyridine rings is 1. The maximum atomic E-state index is 12.7. The van der Waals surface area contributed by atoms with Gasteiger partial charge in [-0.15, -0.1) is 0 Å². The molecule has 1 amide bonds. The SMILES string of the molecule is Cc1cc(=O)c(C(=O)Nc2cnc3c(cnn3C(C)C)c2)nn1-c1ccccc1. The molecule has 1 N–H and O–H groups in total. The summed E-state index contributed by atoms with van der Waals surface area (Å²) in [5.41, 5.74) is 1.99. The predicted molar refractivity (Wildman–Crippen MR) is 110 cm³/mol. The molecule has 3 heterocycles. The van der Waals surface area contributed by atoms with Crippen LogP contribution in [0.15, 0.2) is 59.7 Å². The van der Waals surface area contributed by atoms with E-state index in [0.29, 0.717) is 11.4 Å². The van der Waals surface area contributed by atoms with E-state index in [4.69, 9.17) is 0 Å². The summed E-state index contributed by atoms with van der Waals surface area (Å²) in [5.74, 6) is -0.586. The van der Waals surface area contributed by atoms with Crippen molar-refractivity contribution in [1.82, 2.24) is 24.5 Å². The molecule has 3 aromatic heterocycles. The Balaban J connectivity index is 1.67. The van der Waals surface area contributed by atoms with Crippen molar-refractivity contribution in [2.75, 3.05) is 5.32 Å². The monoisotopic (exact) mass is 388 g/mol. The van der Waals surface area contributed by atoms with E-state index in [0.717, 1.165) is 16.7 Å². The van der Waals surface area contributed by atoms with Crippen LogP contribution in [-0.4, -0.2) is 30.5 Å². The highest BCUT2D eigenvalue weighted by atomic mass is 16.2. The first-order valence-electron chi connectivity index (χ1n) is 9.25. The van der Waals surface area contributed by atoms with Gasteiger partial charge in [0.2, 0.25) is 5.43 Å². The molecule has 0 saturated carbocycles. The van der Waals surface area contributed by atoms with Crippen LogP contribution in [0.3, 0.4) is 0 Å². The summed E-state index contributed by atoms with van der Waals surface area (Å²) < 4.78 is 3.38. The Morgan fingerprint density at radius 2 is 1.86 bits per heavy atom. The van der Waals surface area contributed by atoms with Crippen molar-refractivity contribution in [1.29, 1.82) is 0 Å². The third kappa shape index (κ3) is 3.52. The zero-order valence-electron chi connectivity index (χ0n) is 16.3. The molecular formula is C21H20N6O2. The van der Waals surface area contributed by atoms with Crippen molar-refractivity contribution < 1.29 is 4.79 Å². The van der Waals surface area contributed by atoms with E-state index in [1.165, 1.54) is 6.07 Å². The fraction of sp³-hybridized carbons (Fsp3) is 0.190. The zero-order valence-corrected chi connectivity index (χ0v) is 16.3. The van der Waals surface area contributed by atoms with E-state index >= 15 is 0 Å². The van der Waals surface area contributed by atoms with Crippen LogP contribution < -0.4 is 10.7 Å². The van der Waals surface area contributed by atoms with Crippen LogP contribution in [0.1, 0.15) is 36.1 Å². The molecule has 0 fully saturated rings. The summed E-state index contributed by atoms with van der Waals surface area (Å²) in [6.07, 6.45) is 3.25. The Labute approximate surface area is 166 Å². The largest absolute Gasteiger partial charge is 0.319 e. The molecule has 8 heteroatoms. The number of hydrogen-bond acceptors (Lipinski definition) is 5. The van der Waals surface area contributed by atoms with Crippen molar-refractivity contribution in [2.45, 2.75) is 26.8 Å². The molecule has 4 rings (SSSR count). The molecule has 0 spiro atoms. The quantitative estimate of drug-likeness (QED) is 0.580. The number of nitrogens with zero attached hydrogens (tertiary/aromatic N) is 5. The number of nitrogens with one attached hydrogen (secondary N) is 1. The Morgan fingerprint density at radius 1 is 1.10 bits per heavy atom. The molecule has 0 aliphatic carbocycles. The molecule has 4 aromatic rings. The minimum atomic E-state index is -0.586. The number of para-hydroxylation sites is 1. The standard InChI is InChI=1S/C21H20N6O2/c1-13(2)26-20-15(11-23-26)10-16(12-22-20)24-21(29)19-18(28)9-14(3)27(25-19)17-7-5-4-6-8-17/h4-13H,1-3H3,(H,24,29). The minimum Gasteiger partial charge on any atom is -0.319 e. The van der Waals surface area contributed by atoms with Crippen LogP contribution in [0.5, 0.6) is 0 Å². The Bertz CT molecular complexity index is 1260. The molecule has 0 atom stereocenters. The number of benzene rings is 1. The fourth-order valence-electron chi connectivity index (χ4n) is 3.11. The molecule has 29 heavy (non-hydrogen) atoms. The average Bonchev–Trinajstić information content (AvgIpc) is 3.12. The maximum absolute atomic E-state index is 12.7. The first-order valence-corrected chi connectivity index (χ1v) is 9.25. The molecule has 0 aliphatic heterocycles. The minimum absolute atomic E-state index is 0.175. The second-order valence-electron chi connectivity index (χ2n) is 7.02. The average molecular weight is 388 g/mol. The van der Waals surface area contributed by atoms with Gasteiger partial charge in [-0.05, 0) is 39.0 Å². The van der Waals surface area contributed by atoms with Crippen LogP contribution in [0.4, 0.5) is 5.69 Å². The lowest BCUT2D eigenvalue weighted by molar-refractivity contribution is 0.101. The number of carbonyl (C=O) groups excluding carboxylic acids is 1. The van der Waals surface area contributed by atoms with Gasteiger partial charge in [0.1, 0.15) is 0 Å². The lowest BCUT2D eigenvalue weighted by Gasteiger charge is -2.11. The third-order valence-corrected chi connectivity index (χ3v) is 4.50. The van der Waals surface area contributed by atoms with Gasteiger partial charge < -0.3 is 5.32 Å². The number of anilines is 1. The zero-order chi connectivity index (χ0) is 20.5. The van der Waals surface area contributed by atoms with Gasteiger partial charge in [0.25, 0.3) is 5.91 Å². The topological polar surface area (TPSA) is 94.7 Å². The molecule has 8 nitrogen and oxygen atoms in total. The molecular weight excluding hydrogens is 368 g/mol. The number of rotatable bonds is 4. The Kier molecular flexibility index (Phi) is 4.67. The first kappa shape index (κ1) is 18.5. The van der Waals surface area contributed by atoms with Gasteiger partial charge in [-0.2, -0.15) is 10.2 Å². The summed E-state index contributed by atoms with van der Waals surface area (Å²) >= 11 is 0. The van der Waals surface area contributed by atoms with Crippen LogP contribution in [-0.2, 0) is 0 Å². The normalized spacial score (nSPS) is 11.2. The molecule has 0 radical (unpaired) electrons. The highest BCUT2D eigenvalue weighted by Gasteiger charge is 2.16. The van der Waals surface area contributed by atoms with Crippen LogP contribution in [0.2, 0.25) is 0 Å². The molecule has 146 valence electrons. The van der Waals surface area contributed by atoms with Crippen LogP contribution in [0, 0.1) is 6.92 Å². The van der Waals surface area contributed by atoms with E-state index in [1.54, 1.807) is 34.7 Å². The van der Waals surface area contributed by atoms with E-state index in [9.17, 15) is 9.59 Å². The molecule has 0 unspecified atom stereocenters. The molecule has 0 bridgehead atoms. The number of aryl methyl sites for hydroxylation is 1. The van der Waals surface area contributed by atoms with E-state index in [-0.39, 0.29) is 11.7 Å². The van der Waals surface area contributed by atoms with Gasteiger partial charge in [-0.3, -0.25) is 9.59 Å². The number of fused-ring (bicyclic) bond motifs is 1. The number of aromatic nitrogens is 5. The van der Waals surface area contributed by atoms with Crippen molar-refractivity contribution in [3.63, 3.8) is 0 Å². The summed E-state index contributed by atoms with van der Waals surface area (Å²) in [6, 6.07) is 12.7. The number of carbonyl (C=O) groups is 1. The second-order valence-corrected chi connectivity index (χ2v) is 7.02. The van der Waals surface area contributed by atoms with Gasteiger partial charge in [0, 0.05) is 23.2 Å². The van der Waals surface area contributed by atoms with E-state index < -0.39 is 11.3 Å². The number of amides is 1. The van der Waals surface area contributed by atoms with Gasteiger partial charge in [-0.1, -0.05) is 18.2 Å². The summed E-state index contributed by atoms with van der Waals surface area (Å²) in [6.45, 7) is 5.81. The van der Waals surface area contributed by atoms with Crippen LogP contribution in [0.25, 0.3) is 16.7 Å². The van der Waals surface area contributed by atoms with Crippen molar-refractivity contribution >= 4 is 22.6 Å². The van der Waals surface area contributed by atoms with Gasteiger partial charge in [0.15, 0.2) is 11.3 Å². The molecule has 1 aromatic carbocycles. The molecule has 0 saturated heterocycles. The summed E-state index contributed by atoms with van der Waals surface area (Å²) in [5, 5.41) is 12.1. The highest BCUT2D eigenvalue weighted by Crippen LogP contribution is 2.19. The lowest BCUT2D eigenvalue weighted by Crippen LogP contribution is -2.26. The lowest BCUT2D eigenvalue weighted by atomic mass is 10.2. The first-order chi connectivity index (χ1) is 13.9. The Hall–Kier alpha value is -3.81. The third-order valence-electron chi connectivity index (χ3n) is 4.50. The summed E-state index contributed by atoms with van der Waals surface area (Å²) in [7, 11) is 0. The van der Waals surface area contributed by atoms with Crippen molar-refractivity contribution in [3.05, 3.63) is 76.5 Å². The molecule has 0 aliphatic rings. The fourth-order valence-corrected chi connectivity index (χ4v) is 3.11. The highest BCUT2D eigenvalue weighted by molar-refractivity contribution is 6.03. The predicted octanol–water partition coefficient (Wildman–Crippen LogP) is 3.12. The van der Waals surface area contributed by atoms with Gasteiger partial charge >= 0.3 is 0 Å². The number of hydrogen-bond donors (Lipinski definition) is 1. The smallest absolute Gasteiger partial charge is 0.280 e. The van der Waals surface area contributed by atoms with E-state index in [1.807, 2.05) is 44.2 Å². The van der Waals surface area contributed by atoms with Crippen molar-refractivity contribution in [3.8, 4) is 5.69 Å². The Morgan fingerprint density at radius 3 is 2.59 bits per heavy atom. The van der Waals surface area contributed by atoms with Gasteiger partial charge in [-0.25, -0.2) is 14.3 Å². The maximum Gasteiger partial charge on any atom is 0.280 e. The van der Waals surface area contributed by atoms with Gasteiger partial charge in [0.05, 0.1) is 23.8 Å². The van der Waals surface area contributed by atoms with Crippen molar-refractivity contribution in [2.24, 2.45) is 0 Å². The van der Waals surface area contributed by atoms with Crippen LogP contribution >= 0.6 is 0 Å². The second kappa shape index (κ2) is 7.31. The van der Waals surface area contributed by atoms with E-state index in [2.05, 4.69) is 20.5 Å².